The van der Waals surface area contributed by atoms with Gasteiger partial charge in [0, 0.05) is 51.7 Å². The number of anilines is 1. The van der Waals surface area contributed by atoms with Gasteiger partial charge in [-0.15, -0.1) is 0 Å². The van der Waals surface area contributed by atoms with Crippen LogP contribution in [0.25, 0.3) is 0 Å². The first-order chi connectivity index (χ1) is 18.8. The van der Waals surface area contributed by atoms with Crippen LogP contribution in [0, 0.1) is 11.8 Å². The highest BCUT2D eigenvalue weighted by molar-refractivity contribution is 7.99. The van der Waals surface area contributed by atoms with Crippen LogP contribution in [0.4, 0.5) is 5.69 Å². The number of carbonyl (C=O) groups excluding carboxylic acids is 1. The van der Waals surface area contributed by atoms with Gasteiger partial charge in [0.05, 0.1) is 18.4 Å². The molecule has 8 heteroatoms. The Balaban J connectivity index is 1.42. The van der Waals surface area contributed by atoms with Crippen molar-refractivity contribution in [2.75, 3.05) is 37.5 Å². The van der Waals surface area contributed by atoms with Crippen LogP contribution in [-0.4, -0.2) is 54.6 Å². The van der Waals surface area contributed by atoms with Gasteiger partial charge in [-0.3, -0.25) is 9.52 Å². The number of carbonyl (C=O) groups is 1. The molecule has 6 nitrogen and oxygen atoms in total. The van der Waals surface area contributed by atoms with E-state index in [-0.39, 0.29) is 17.4 Å². The standard InChI is InChI=1S/C31H39ClN2O4S/c1-37-28-7-3-4-15-39(2,36)33-30(35)22-9-13-29-27(17-22)34(18-23-8-11-25(23)28)19-31(20-38-29)14-5-6-21-16-24(32)10-12-26(21)31/h9-10,12-13,16-17,23,25,28H,2-8,11,14-15,18-20H2,1H3,(H,33,35,36)/t23-,25+,28+,31-,39?/m0/s1. The van der Waals surface area contributed by atoms with Gasteiger partial charge in [0.25, 0.3) is 5.91 Å². The number of benzene rings is 2. The van der Waals surface area contributed by atoms with Crippen molar-refractivity contribution in [1.29, 1.82) is 0 Å². The summed E-state index contributed by atoms with van der Waals surface area (Å²) < 4.78 is 28.4. The van der Waals surface area contributed by atoms with Gasteiger partial charge in [0.1, 0.15) is 5.75 Å². The molecule has 2 heterocycles. The molecule has 0 aromatic heterocycles. The van der Waals surface area contributed by atoms with Crippen LogP contribution in [0.1, 0.15) is 66.4 Å². The monoisotopic (exact) mass is 570 g/mol. The van der Waals surface area contributed by atoms with Crippen molar-refractivity contribution < 1.29 is 18.5 Å². The van der Waals surface area contributed by atoms with Gasteiger partial charge in [-0.05, 0) is 111 Å². The second-order valence-electron chi connectivity index (χ2n) is 12.0. The zero-order chi connectivity index (χ0) is 27.2. The maximum atomic E-state index is 13.2. The molecule has 210 valence electrons. The molecule has 1 amide bonds. The fourth-order valence-electron chi connectivity index (χ4n) is 7.32. The summed E-state index contributed by atoms with van der Waals surface area (Å²) in [6.07, 6.45) is 8.26. The first kappa shape index (κ1) is 27.0. The average molecular weight is 571 g/mol. The molecule has 2 aliphatic carbocycles. The Labute approximate surface area is 237 Å². The number of aryl methyl sites for hydroxylation is 1. The van der Waals surface area contributed by atoms with E-state index in [4.69, 9.17) is 21.1 Å². The molecule has 5 atom stereocenters. The molecule has 39 heavy (non-hydrogen) atoms. The second-order valence-corrected chi connectivity index (χ2v) is 14.7. The number of nitrogens with one attached hydrogen (secondary N) is 1. The highest BCUT2D eigenvalue weighted by Gasteiger charge is 2.44. The molecule has 1 N–H and O–H groups in total. The number of nitrogens with zero attached hydrogens (tertiary/aromatic N) is 1. The summed E-state index contributed by atoms with van der Waals surface area (Å²) in [4.78, 5) is 15.7. The summed E-state index contributed by atoms with van der Waals surface area (Å²) in [5.41, 5.74) is 3.90. The van der Waals surface area contributed by atoms with E-state index in [1.54, 1.807) is 6.07 Å². The number of amides is 1. The van der Waals surface area contributed by atoms with Crippen LogP contribution in [0.3, 0.4) is 0 Å². The number of methoxy groups -OCH3 is 1. The van der Waals surface area contributed by atoms with E-state index in [9.17, 15) is 9.00 Å². The predicted molar refractivity (Wildman–Crippen MR) is 159 cm³/mol. The molecular formula is C31H39ClN2O4S. The molecule has 4 aliphatic rings. The lowest BCUT2D eigenvalue weighted by Gasteiger charge is -2.46. The minimum absolute atomic E-state index is 0.163. The van der Waals surface area contributed by atoms with Crippen molar-refractivity contribution in [3.63, 3.8) is 0 Å². The number of fused-ring (bicyclic) bond motifs is 4. The molecule has 1 fully saturated rings. The highest BCUT2D eigenvalue weighted by atomic mass is 35.5. The van der Waals surface area contributed by atoms with Crippen LogP contribution in [-0.2, 0) is 26.3 Å². The Hall–Kier alpha value is -2.22. The summed E-state index contributed by atoms with van der Waals surface area (Å²) in [5, 5.41) is 0.776. The van der Waals surface area contributed by atoms with Gasteiger partial charge >= 0.3 is 0 Å². The normalized spacial score (nSPS) is 32.8. The third kappa shape index (κ3) is 5.30. The van der Waals surface area contributed by atoms with E-state index in [1.165, 1.54) is 24.0 Å². The Bertz CT molecular complexity index is 1360. The van der Waals surface area contributed by atoms with Gasteiger partial charge in [-0.1, -0.05) is 17.7 Å². The number of ether oxygens (including phenoxy) is 2. The zero-order valence-electron chi connectivity index (χ0n) is 22.8. The van der Waals surface area contributed by atoms with E-state index in [0.717, 1.165) is 68.1 Å². The van der Waals surface area contributed by atoms with Crippen molar-refractivity contribution in [3.8, 4) is 5.75 Å². The van der Waals surface area contributed by atoms with Gasteiger partial charge in [-0.25, -0.2) is 4.21 Å². The molecule has 1 saturated carbocycles. The molecule has 0 radical (unpaired) electrons. The van der Waals surface area contributed by atoms with E-state index < -0.39 is 9.71 Å². The summed E-state index contributed by atoms with van der Waals surface area (Å²) in [7, 11) is -0.913. The van der Waals surface area contributed by atoms with Crippen LogP contribution < -0.4 is 14.4 Å². The van der Waals surface area contributed by atoms with Gasteiger partial charge in [-0.2, -0.15) is 0 Å². The molecular weight excluding hydrogens is 532 g/mol. The number of hydrogen-bond donors (Lipinski definition) is 1. The van der Waals surface area contributed by atoms with Crippen LogP contribution >= 0.6 is 11.6 Å². The smallest absolute Gasteiger partial charge is 0.262 e. The molecule has 2 aromatic rings. The topological polar surface area (TPSA) is 67.9 Å². The highest BCUT2D eigenvalue weighted by Crippen LogP contribution is 2.47. The summed E-state index contributed by atoms with van der Waals surface area (Å²) in [5.74, 6) is 5.68. The Kier molecular flexibility index (Phi) is 7.36. The summed E-state index contributed by atoms with van der Waals surface area (Å²) >= 11 is 6.40. The molecule has 1 unspecified atom stereocenters. The second kappa shape index (κ2) is 10.6. The maximum Gasteiger partial charge on any atom is 0.262 e. The van der Waals surface area contributed by atoms with Gasteiger partial charge in [0.15, 0.2) is 0 Å². The Morgan fingerprint density at radius 2 is 2.03 bits per heavy atom. The lowest BCUT2D eigenvalue weighted by atomic mass is 9.68. The third-order valence-electron chi connectivity index (χ3n) is 9.50. The largest absolute Gasteiger partial charge is 0.490 e. The van der Waals surface area contributed by atoms with Crippen LogP contribution in [0.5, 0.6) is 5.75 Å². The van der Waals surface area contributed by atoms with Crippen molar-refractivity contribution in [2.45, 2.75) is 62.9 Å². The molecule has 0 saturated heterocycles. The van der Waals surface area contributed by atoms with Gasteiger partial charge < -0.3 is 14.4 Å². The zero-order valence-corrected chi connectivity index (χ0v) is 24.3. The van der Waals surface area contributed by atoms with Crippen molar-refractivity contribution in [1.82, 2.24) is 4.72 Å². The SMILES string of the molecule is C=S1(=O)CCCC[C@@H](OC)[C@@H]2CC[C@H]2CN2C[C@@]3(CCCc4cc(Cl)ccc43)COc3ccc(cc32)C(=O)N1. The fourth-order valence-corrected chi connectivity index (χ4v) is 8.74. The summed E-state index contributed by atoms with van der Waals surface area (Å²) in [6, 6.07) is 11.9. The minimum atomic E-state index is -2.73. The lowest BCUT2D eigenvalue weighted by Crippen LogP contribution is -2.49. The number of rotatable bonds is 1. The average Bonchev–Trinajstić information content (AvgIpc) is 3.04. The maximum absolute atomic E-state index is 13.2. The molecule has 2 bridgehead atoms. The molecule has 6 rings (SSSR count). The predicted octanol–water partition coefficient (Wildman–Crippen LogP) is 5.40. The first-order valence-corrected chi connectivity index (χ1v) is 16.5. The van der Waals surface area contributed by atoms with E-state index >= 15 is 0 Å². The van der Waals surface area contributed by atoms with E-state index in [2.05, 4.69) is 27.6 Å². The Morgan fingerprint density at radius 3 is 2.82 bits per heavy atom. The molecule has 2 aliphatic heterocycles. The minimum Gasteiger partial charge on any atom is -0.490 e. The van der Waals surface area contributed by atoms with Crippen LogP contribution in [0.15, 0.2) is 36.4 Å². The molecule has 1 spiro atoms. The lowest BCUT2D eigenvalue weighted by molar-refractivity contribution is -0.0218. The van der Waals surface area contributed by atoms with Crippen molar-refractivity contribution in [2.24, 2.45) is 11.8 Å². The number of halogens is 1. The van der Waals surface area contributed by atoms with Gasteiger partial charge in [0.2, 0.25) is 0 Å². The van der Waals surface area contributed by atoms with Crippen LogP contribution in [0.2, 0.25) is 5.02 Å². The quantitative estimate of drug-likeness (QED) is 0.465. The molecule has 2 aromatic carbocycles. The van der Waals surface area contributed by atoms with Crippen molar-refractivity contribution in [3.05, 3.63) is 58.1 Å². The van der Waals surface area contributed by atoms with Crippen molar-refractivity contribution >= 4 is 38.8 Å². The van der Waals surface area contributed by atoms with E-state index in [1.807, 2.05) is 25.3 Å². The first-order valence-electron chi connectivity index (χ1n) is 14.3. The third-order valence-corrected chi connectivity index (χ3v) is 11.2. The Morgan fingerprint density at radius 1 is 1.15 bits per heavy atom. The summed E-state index contributed by atoms with van der Waals surface area (Å²) in [6.45, 7) is 2.29. The van der Waals surface area contributed by atoms with E-state index in [0.29, 0.717) is 29.8 Å². The fraction of sp³-hybridized carbons (Fsp3) is 0.548. The number of hydrogen-bond acceptors (Lipinski definition) is 5.